The van der Waals surface area contributed by atoms with Crippen LogP contribution in [-0.2, 0) is 0 Å². The van der Waals surface area contributed by atoms with E-state index in [2.05, 4.69) is 42.4 Å². The number of benzene rings is 1. The molecule has 1 aromatic carbocycles. The Kier molecular flexibility index (Phi) is 4.13. The molecule has 1 aromatic heterocycles. The van der Waals surface area contributed by atoms with Crippen LogP contribution < -0.4 is 0 Å². The molecule has 0 unspecified atom stereocenters. The van der Waals surface area contributed by atoms with Gasteiger partial charge in [-0.3, -0.25) is 4.79 Å². The topological polar surface area (TPSA) is 46.3 Å². The van der Waals surface area contributed by atoms with Crippen LogP contribution in [0.1, 0.15) is 66.3 Å². The summed E-state index contributed by atoms with van der Waals surface area (Å²) in [5, 5.41) is 4.01. The molecule has 4 rings (SSSR count). The number of aromatic nitrogens is 1. The van der Waals surface area contributed by atoms with Crippen molar-refractivity contribution in [1.82, 2.24) is 10.1 Å². The molecule has 24 heavy (non-hydrogen) atoms. The third-order valence-electron chi connectivity index (χ3n) is 5.50. The van der Waals surface area contributed by atoms with Gasteiger partial charge in [-0.15, -0.1) is 0 Å². The standard InChI is InChI=1S/C20H24N2O2/c1-2-14-13-22(11-10-17(14)15-6-4-3-5-7-15)20(23)18-12-19(24-21-18)16-8-9-16/h3-7,12,14,16-17H,2,8-11,13H2,1H3/t14-,17+/m1/s1. The molecule has 0 bridgehead atoms. The number of carbonyl (C=O) groups excluding carboxylic acids is 1. The van der Waals surface area contributed by atoms with Crippen molar-refractivity contribution in [3.05, 3.63) is 53.4 Å². The van der Waals surface area contributed by atoms with E-state index in [9.17, 15) is 4.79 Å². The van der Waals surface area contributed by atoms with Gasteiger partial charge in [0.2, 0.25) is 0 Å². The monoisotopic (exact) mass is 324 g/mol. The van der Waals surface area contributed by atoms with E-state index in [0.29, 0.717) is 23.4 Å². The smallest absolute Gasteiger partial charge is 0.276 e. The lowest BCUT2D eigenvalue weighted by atomic mass is 9.79. The van der Waals surface area contributed by atoms with Crippen LogP contribution in [0, 0.1) is 5.92 Å². The van der Waals surface area contributed by atoms with Gasteiger partial charge in [-0.05, 0) is 36.7 Å². The fourth-order valence-corrected chi connectivity index (χ4v) is 3.88. The Morgan fingerprint density at radius 1 is 1.25 bits per heavy atom. The lowest BCUT2D eigenvalue weighted by molar-refractivity contribution is 0.0635. The minimum absolute atomic E-state index is 0.0237. The summed E-state index contributed by atoms with van der Waals surface area (Å²) < 4.78 is 5.35. The molecule has 2 atom stereocenters. The summed E-state index contributed by atoms with van der Waals surface area (Å²) in [4.78, 5) is 14.7. The van der Waals surface area contributed by atoms with Crippen molar-refractivity contribution in [2.75, 3.05) is 13.1 Å². The highest BCUT2D eigenvalue weighted by Crippen LogP contribution is 2.40. The first-order valence-corrected chi connectivity index (χ1v) is 9.07. The zero-order valence-corrected chi connectivity index (χ0v) is 14.1. The molecule has 1 aliphatic heterocycles. The van der Waals surface area contributed by atoms with Crippen molar-refractivity contribution in [2.45, 2.75) is 44.4 Å². The first-order chi connectivity index (χ1) is 11.8. The van der Waals surface area contributed by atoms with Gasteiger partial charge in [-0.1, -0.05) is 48.8 Å². The van der Waals surface area contributed by atoms with E-state index >= 15 is 0 Å². The maximum absolute atomic E-state index is 12.8. The summed E-state index contributed by atoms with van der Waals surface area (Å²) in [6.45, 7) is 3.82. The Morgan fingerprint density at radius 2 is 2.04 bits per heavy atom. The van der Waals surface area contributed by atoms with Gasteiger partial charge in [0.25, 0.3) is 5.91 Å². The van der Waals surface area contributed by atoms with Crippen LogP contribution in [0.25, 0.3) is 0 Å². The third kappa shape index (κ3) is 2.97. The van der Waals surface area contributed by atoms with Crippen molar-refractivity contribution >= 4 is 5.91 Å². The average Bonchev–Trinajstić information content (AvgIpc) is 3.38. The van der Waals surface area contributed by atoms with Gasteiger partial charge in [-0.25, -0.2) is 0 Å². The predicted octanol–water partition coefficient (Wildman–Crippen LogP) is 4.21. The second-order valence-electron chi connectivity index (χ2n) is 7.11. The van der Waals surface area contributed by atoms with E-state index in [1.807, 2.05) is 11.0 Å². The van der Waals surface area contributed by atoms with Crippen molar-refractivity contribution in [3.63, 3.8) is 0 Å². The Balaban J connectivity index is 1.46. The third-order valence-corrected chi connectivity index (χ3v) is 5.50. The van der Waals surface area contributed by atoms with Crippen molar-refractivity contribution < 1.29 is 9.32 Å². The second kappa shape index (κ2) is 6.42. The summed E-state index contributed by atoms with van der Waals surface area (Å²) in [5.74, 6) is 2.44. The predicted molar refractivity (Wildman–Crippen MR) is 92.0 cm³/mol. The van der Waals surface area contributed by atoms with E-state index in [1.54, 1.807) is 0 Å². The van der Waals surface area contributed by atoms with Crippen LogP contribution in [0.2, 0.25) is 0 Å². The SMILES string of the molecule is CC[C@@H]1CN(C(=O)c2cc(C3CC3)on2)CC[C@@H]1c1ccccc1. The number of nitrogens with zero attached hydrogens (tertiary/aromatic N) is 2. The second-order valence-corrected chi connectivity index (χ2v) is 7.11. The number of carbonyl (C=O) groups is 1. The van der Waals surface area contributed by atoms with E-state index in [1.165, 1.54) is 5.56 Å². The molecule has 2 aliphatic rings. The molecule has 1 saturated heterocycles. The lowest BCUT2D eigenvalue weighted by Crippen LogP contribution is -2.43. The van der Waals surface area contributed by atoms with Gasteiger partial charge < -0.3 is 9.42 Å². The summed E-state index contributed by atoms with van der Waals surface area (Å²) in [7, 11) is 0. The number of likely N-dealkylation sites (tertiary alicyclic amines) is 1. The van der Waals surface area contributed by atoms with Gasteiger partial charge >= 0.3 is 0 Å². The van der Waals surface area contributed by atoms with Gasteiger partial charge in [0.15, 0.2) is 5.69 Å². The molecule has 0 N–H and O–H groups in total. The fraction of sp³-hybridized carbons (Fsp3) is 0.500. The molecule has 2 heterocycles. The fourth-order valence-electron chi connectivity index (χ4n) is 3.88. The molecule has 4 heteroatoms. The molecule has 2 aromatic rings. The number of piperidine rings is 1. The zero-order chi connectivity index (χ0) is 16.5. The minimum atomic E-state index is 0.0237. The molecule has 126 valence electrons. The Morgan fingerprint density at radius 3 is 2.75 bits per heavy atom. The van der Waals surface area contributed by atoms with E-state index in [0.717, 1.165) is 44.5 Å². The largest absolute Gasteiger partial charge is 0.360 e. The van der Waals surface area contributed by atoms with Crippen molar-refractivity contribution in [1.29, 1.82) is 0 Å². The first kappa shape index (κ1) is 15.4. The van der Waals surface area contributed by atoms with Gasteiger partial charge in [-0.2, -0.15) is 0 Å². The van der Waals surface area contributed by atoms with E-state index in [-0.39, 0.29) is 5.91 Å². The van der Waals surface area contributed by atoms with Crippen LogP contribution in [0.4, 0.5) is 0 Å². The molecule has 2 fully saturated rings. The van der Waals surface area contributed by atoms with Gasteiger partial charge in [0.1, 0.15) is 5.76 Å². The van der Waals surface area contributed by atoms with Gasteiger partial charge in [0, 0.05) is 25.1 Å². The number of hydrogen-bond donors (Lipinski definition) is 0. The van der Waals surface area contributed by atoms with Crippen LogP contribution in [0.15, 0.2) is 40.9 Å². The lowest BCUT2D eigenvalue weighted by Gasteiger charge is -2.38. The highest BCUT2D eigenvalue weighted by molar-refractivity contribution is 5.92. The molecule has 0 spiro atoms. The quantitative estimate of drug-likeness (QED) is 0.846. The van der Waals surface area contributed by atoms with Crippen LogP contribution >= 0.6 is 0 Å². The normalized spacial score (nSPS) is 24.1. The Labute approximate surface area is 142 Å². The van der Waals surface area contributed by atoms with Gasteiger partial charge in [0.05, 0.1) is 0 Å². The zero-order valence-electron chi connectivity index (χ0n) is 14.1. The molecule has 1 saturated carbocycles. The molecule has 1 aliphatic carbocycles. The number of rotatable bonds is 4. The first-order valence-electron chi connectivity index (χ1n) is 9.07. The summed E-state index contributed by atoms with van der Waals surface area (Å²) in [6, 6.07) is 12.5. The summed E-state index contributed by atoms with van der Waals surface area (Å²) in [6.07, 6.45) is 4.41. The maximum Gasteiger partial charge on any atom is 0.276 e. The highest BCUT2D eigenvalue weighted by Gasteiger charge is 2.34. The minimum Gasteiger partial charge on any atom is -0.360 e. The Bertz CT molecular complexity index is 705. The van der Waals surface area contributed by atoms with Crippen molar-refractivity contribution in [3.8, 4) is 0 Å². The molecule has 4 nitrogen and oxygen atoms in total. The molecule has 1 amide bonds. The summed E-state index contributed by atoms with van der Waals surface area (Å²) in [5.41, 5.74) is 1.87. The number of hydrogen-bond acceptors (Lipinski definition) is 3. The molecular weight excluding hydrogens is 300 g/mol. The molecule has 0 radical (unpaired) electrons. The van der Waals surface area contributed by atoms with Crippen molar-refractivity contribution in [2.24, 2.45) is 5.92 Å². The Hall–Kier alpha value is -2.10. The molecular formula is C20H24N2O2. The highest BCUT2D eigenvalue weighted by atomic mass is 16.5. The van der Waals surface area contributed by atoms with Crippen LogP contribution in [0.5, 0.6) is 0 Å². The summed E-state index contributed by atoms with van der Waals surface area (Å²) >= 11 is 0. The van der Waals surface area contributed by atoms with Crippen LogP contribution in [0.3, 0.4) is 0 Å². The number of amides is 1. The van der Waals surface area contributed by atoms with E-state index < -0.39 is 0 Å². The van der Waals surface area contributed by atoms with Crippen LogP contribution in [-0.4, -0.2) is 29.1 Å². The maximum atomic E-state index is 12.8. The van der Waals surface area contributed by atoms with E-state index in [4.69, 9.17) is 4.52 Å². The average molecular weight is 324 g/mol.